The molecule has 2 aromatic rings. The number of likely N-dealkylation sites (N-methyl/N-ethyl adjacent to an activating group) is 1. The van der Waals surface area contributed by atoms with Crippen LogP contribution in [0.4, 0.5) is 0 Å². The molecule has 5 nitrogen and oxygen atoms in total. The third-order valence-electron chi connectivity index (χ3n) is 4.45. The number of carbonyl (C=O) groups is 1. The van der Waals surface area contributed by atoms with E-state index >= 15 is 0 Å². The first-order chi connectivity index (χ1) is 11.1. The van der Waals surface area contributed by atoms with Crippen LogP contribution in [-0.2, 0) is 0 Å². The summed E-state index contributed by atoms with van der Waals surface area (Å²) in [4.78, 5) is 15.8. The fourth-order valence-electron chi connectivity index (χ4n) is 2.93. The van der Waals surface area contributed by atoms with E-state index in [1.165, 1.54) is 0 Å². The normalized spacial score (nSPS) is 18.9. The summed E-state index contributed by atoms with van der Waals surface area (Å²) in [5, 5.41) is 10.9. The van der Waals surface area contributed by atoms with E-state index in [0.29, 0.717) is 10.7 Å². The van der Waals surface area contributed by atoms with Crippen molar-refractivity contribution in [3.05, 3.63) is 46.6 Å². The number of hydrogen-bond donors (Lipinski definition) is 2. The van der Waals surface area contributed by atoms with Crippen LogP contribution < -0.4 is 5.32 Å². The number of aromatic nitrogens is 1. The van der Waals surface area contributed by atoms with Gasteiger partial charge >= 0.3 is 0 Å². The molecule has 0 saturated heterocycles. The average molecular weight is 329 g/mol. The molecule has 0 unspecified atom stereocenters. The van der Waals surface area contributed by atoms with Crippen molar-refractivity contribution in [2.24, 2.45) is 5.10 Å². The molecule has 1 aliphatic carbocycles. The van der Waals surface area contributed by atoms with Crippen molar-refractivity contribution >= 4 is 34.6 Å². The lowest BCUT2D eigenvalue weighted by Crippen LogP contribution is -2.40. The SMILES string of the molecule is CN1CC=C(C2(NC(=O)c3cc4cc(Cl)ccc4[nH]3)CC2)C=N1. The standard InChI is InChI=1S/C17H17ClN4O/c1-22-7-4-12(10-19-22)17(5-6-17)21-16(23)15-9-11-8-13(18)2-3-14(11)20-15/h2-4,8-10,20H,5-7H2,1H3,(H,21,23). The van der Waals surface area contributed by atoms with Gasteiger partial charge in [0.25, 0.3) is 5.91 Å². The second-order valence-electron chi connectivity index (χ2n) is 6.20. The first-order valence-electron chi connectivity index (χ1n) is 7.62. The maximum atomic E-state index is 12.6. The number of rotatable bonds is 3. The Morgan fingerprint density at radius 1 is 1.39 bits per heavy atom. The zero-order chi connectivity index (χ0) is 16.0. The van der Waals surface area contributed by atoms with Gasteiger partial charge in [0.05, 0.1) is 18.3 Å². The molecule has 1 saturated carbocycles. The van der Waals surface area contributed by atoms with Gasteiger partial charge in [0.1, 0.15) is 5.69 Å². The Morgan fingerprint density at radius 2 is 2.22 bits per heavy atom. The number of fused-ring (bicyclic) bond motifs is 1. The summed E-state index contributed by atoms with van der Waals surface area (Å²) in [7, 11) is 1.93. The first kappa shape index (κ1) is 14.3. The lowest BCUT2D eigenvalue weighted by Gasteiger charge is -2.23. The molecule has 2 N–H and O–H groups in total. The molecule has 0 radical (unpaired) electrons. The lowest BCUT2D eigenvalue weighted by molar-refractivity contribution is 0.0935. The fraction of sp³-hybridized carbons (Fsp3) is 0.294. The molecule has 23 heavy (non-hydrogen) atoms. The van der Waals surface area contributed by atoms with E-state index in [0.717, 1.165) is 35.9 Å². The van der Waals surface area contributed by atoms with Crippen LogP contribution in [0.2, 0.25) is 5.02 Å². The number of hydrazone groups is 1. The summed E-state index contributed by atoms with van der Waals surface area (Å²) in [6.45, 7) is 0.772. The molecule has 1 fully saturated rings. The highest BCUT2D eigenvalue weighted by molar-refractivity contribution is 6.31. The van der Waals surface area contributed by atoms with E-state index in [1.54, 1.807) is 0 Å². The largest absolute Gasteiger partial charge is 0.351 e. The Morgan fingerprint density at radius 3 is 2.91 bits per heavy atom. The van der Waals surface area contributed by atoms with Crippen LogP contribution in [0.3, 0.4) is 0 Å². The van der Waals surface area contributed by atoms with Crippen LogP contribution in [0.25, 0.3) is 10.9 Å². The number of aromatic amines is 1. The number of carbonyl (C=O) groups excluding carboxylic acids is 1. The predicted octanol–water partition coefficient (Wildman–Crippen LogP) is 2.94. The van der Waals surface area contributed by atoms with E-state index in [2.05, 4.69) is 21.5 Å². The van der Waals surface area contributed by atoms with Crippen molar-refractivity contribution in [2.45, 2.75) is 18.4 Å². The molecule has 6 heteroatoms. The van der Waals surface area contributed by atoms with Crippen molar-refractivity contribution in [1.82, 2.24) is 15.3 Å². The molecule has 118 valence electrons. The minimum atomic E-state index is -0.253. The minimum absolute atomic E-state index is 0.0944. The molecule has 4 rings (SSSR count). The molecule has 1 aliphatic heterocycles. The van der Waals surface area contributed by atoms with Gasteiger partial charge in [-0.15, -0.1) is 0 Å². The zero-order valence-electron chi connectivity index (χ0n) is 12.8. The van der Waals surface area contributed by atoms with Gasteiger partial charge in [-0.3, -0.25) is 9.80 Å². The van der Waals surface area contributed by atoms with Crippen molar-refractivity contribution < 1.29 is 4.79 Å². The van der Waals surface area contributed by atoms with Gasteiger partial charge in [0.2, 0.25) is 0 Å². The van der Waals surface area contributed by atoms with E-state index in [9.17, 15) is 4.79 Å². The summed E-state index contributed by atoms with van der Waals surface area (Å²) in [5.41, 5.74) is 2.31. The van der Waals surface area contributed by atoms with E-state index in [4.69, 9.17) is 11.6 Å². The van der Waals surface area contributed by atoms with Crippen LogP contribution in [0.15, 0.2) is 41.0 Å². The van der Waals surface area contributed by atoms with E-state index in [1.807, 2.05) is 42.5 Å². The van der Waals surface area contributed by atoms with Crippen LogP contribution in [0, 0.1) is 0 Å². The lowest BCUT2D eigenvalue weighted by atomic mass is 10.0. The Hall–Kier alpha value is -2.27. The smallest absolute Gasteiger partial charge is 0.268 e. The van der Waals surface area contributed by atoms with Gasteiger partial charge in [-0.05, 0) is 42.7 Å². The molecule has 0 spiro atoms. The van der Waals surface area contributed by atoms with Gasteiger partial charge in [0.15, 0.2) is 0 Å². The Bertz CT molecular complexity index is 847. The molecular weight excluding hydrogens is 312 g/mol. The number of benzene rings is 1. The monoisotopic (exact) mass is 328 g/mol. The summed E-state index contributed by atoms with van der Waals surface area (Å²) in [6, 6.07) is 7.38. The highest BCUT2D eigenvalue weighted by Crippen LogP contribution is 2.42. The van der Waals surface area contributed by atoms with Gasteiger partial charge in [-0.1, -0.05) is 17.7 Å². The highest BCUT2D eigenvalue weighted by atomic mass is 35.5. The molecule has 1 amide bonds. The molecular formula is C17H17ClN4O. The maximum Gasteiger partial charge on any atom is 0.268 e. The zero-order valence-corrected chi connectivity index (χ0v) is 13.5. The number of halogens is 1. The van der Waals surface area contributed by atoms with Crippen LogP contribution >= 0.6 is 11.6 Å². The fourth-order valence-corrected chi connectivity index (χ4v) is 3.11. The van der Waals surface area contributed by atoms with Crippen molar-refractivity contribution in [3.8, 4) is 0 Å². The number of H-pyrrole nitrogens is 1. The van der Waals surface area contributed by atoms with Crippen molar-refractivity contribution in [3.63, 3.8) is 0 Å². The highest BCUT2D eigenvalue weighted by Gasteiger charge is 2.47. The average Bonchev–Trinajstić information content (AvgIpc) is 3.18. The van der Waals surface area contributed by atoms with Crippen molar-refractivity contribution in [2.75, 3.05) is 13.6 Å². The molecule has 1 aromatic carbocycles. The molecule has 0 bridgehead atoms. The van der Waals surface area contributed by atoms with Crippen LogP contribution in [0.1, 0.15) is 23.3 Å². The minimum Gasteiger partial charge on any atom is -0.351 e. The molecule has 2 heterocycles. The van der Waals surface area contributed by atoms with Crippen LogP contribution in [-0.4, -0.2) is 41.2 Å². The summed E-state index contributed by atoms with van der Waals surface area (Å²) in [6.07, 6.45) is 5.88. The van der Waals surface area contributed by atoms with Gasteiger partial charge in [-0.25, -0.2) is 0 Å². The Labute approximate surface area is 139 Å². The summed E-state index contributed by atoms with van der Waals surface area (Å²) >= 11 is 6.00. The number of nitrogens with zero attached hydrogens (tertiary/aromatic N) is 2. The van der Waals surface area contributed by atoms with Gasteiger partial charge < -0.3 is 10.3 Å². The third kappa shape index (κ3) is 2.61. The molecule has 1 aromatic heterocycles. The molecule has 2 aliphatic rings. The predicted molar refractivity (Wildman–Crippen MR) is 91.9 cm³/mol. The van der Waals surface area contributed by atoms with E-state index < -0.39 is 0 Å². The third-order valence-corrected chi connectivity index (χ3v) is 4.69. The topological polar surface area (TPSA) is 60.5 Å². The van der Waals surface area contributed by atoms with E-state index in [-0.39, 0.29) is 11.4 Å². The molecule has 0 atom stereocenters. The Balaban J connectivity index is 1.56. The number of amides is 1. The quantitative estimate of drug-likeness (QED) is 0.910. The van der Waals surface area contributed by atoms with Gasteiger partial charge in [0, 0.05) is 23.0 Å². The second-order valence-corrected chi connectivity index (χ2v) is 6.63. The summed E-state index contributed by atoms with van der Waals surface area (Å²) < 4.78 is 0. The maximum absolute atomic E-state index is 12.6. The number of hydrogen-bond acceptors (Lipinski definition) is 3. The van der Waals surface area contributed by atoms with Crippen molar-refractivity contribution in [1.29, 1.82) is 0 Å². The van der Waals surface area contributed by atoms with Gasteiger partial charge in [-0.2, -0.15) is 5.10 Å². The second kappa shape index (κ2) is 5.13. The Kier molecular flexibility index (Phi) is 3.20. The number of nitrogens with one attached hydrogen (secondary N) is 2. The first-order valence-corrected chi connectivity index (χ1v) is 8.00. The summed E-state index contributed by atoms with van der Waals surface area (Å²) in [5.74, 6) is -0.0944. The van der Waals surface area contributed by atoms with Crippen LogP contribution in [0.5, 0.6) is 0 Å².